The van der Waals surface area contributed by atoms with E-state index in [-0.39, 0.29) is 0 Å². The van der Waals surface area contributed by atoms with E-state index < -0.39 is 0 Å². The highest BCUT2D eigenvalue weighted by molar-refractivity contribution is 9.10. The quantitative estimate of drug-likeness (QED) is 0.440. The molecule has 3 nitrogen and oxygen atoms in total. The molecular formula is C20H18BrN3. The Morgan fingerprint density at radius 2 is 1.67 bits per heavy atom. The molecule has 2 aromatic carbocycles. The number of rotatable bonds is 4. The SMILES string of the molecule is CC(Cc1ccc2ccccc2n1)=NN=C(C)c1ccc(Br)cc1. The van der Waals surface area contributed by atoms with Gasteiger partial charge in [-0.2, -0.15) is 10.2 Å². The molecular weight excluding hydrogens is 362 g/mol. The minimum atomic E-state index is 0.696. The van der Waals surface area contributed by atoms with Gasteiger partial charge in [0.05, 0.1) is 11.2 Å². The van der Waals surface area contributed by atoms with Crippen molar-refractivity contribution in [1.82, 2.24) is 4.98 Å². The van der Waals surface area contributed by atoms with Gasteiger partial charge in [-0.05, 0) is 43.7 Å². The highest BCUT2D eigenvalue weighted by atomic mass is 79.9. The molecule has 0 radical (unpaired) electrons. The summed E-state index contributed by atoms with van der Waals surface area (Å²) < 4.78 is 1.06. The van der Waals surface area contributed by atoms with Crippen molar-refractivity contribution in [1.29, 1.82) is 0 Å². The molecule has 3 aromatic rings. The first-order valence-corrected chi connectivity index (χ1v) is 8.59. The van der Waals surface area contributed by atoms with Gasteiger partial charge in [0.2, 0.25) is 0 Å². The first-order valence-electron chi connectivity index (χ1n) is 7.80. The average Bonchev–Trinajstić information content (AvgIpc) is 2.60. The normalized spacial score (nSPS) is 12.6. The van der Waals surface area contributed by atoms with Crippen molar-refractivity contribution in [2.75, 3.05) is 0 Å². The lowest BCUT2D eigenvalue weighted by Crippen LogP contribution is -2.01. The monoisotopic (exact) mass is 379 g/mol. The maximum atomic E-state index is 4.68. The summed E-state index contributed by atoms with van der Waals surface area (Å²) in [6, 6.07) is 20.3. The maximum absolute atomic E-state index is 4.68. The third-order valence-electron chi connectivity index (χ3n) is 3.73. The van der Waals surface area contributed by atoms with E-state index in [0.717, 1.165) is 38.1 Å². The van der Waals surface area contributed by atoms with Gasteiger partial charge >= 0.3 is 0 Å². The summed E-state index contributed by atoms with van der Waals surface area (Å²) in [6.07, 6.45) is 0.696. The third kappa shape index (κ3) is 4.15. The molecule has 0 bridgehead atoms. The van der Waals surface area contributed by atoms with Gasteiger partial charge in [-0.25, -0.2) is 0 Å². The highest BCUT2D eigenvalue weighted by Gasteiger charge is 2.01. The Labute approximate surface area is 150 Å². The molecule has 0 atom stereocenters. The Kier molecular flexibility index (Phi) is 5.16. The number of aromatic nitrogens is 1. The Balaban J connectivity index is 1.75. The predicted octanol–water partition coefficient (Wildman–Crippen LogP) is 5.42. The summed E-state index contributed by atoms with van der Waals surface area (Å²) in [5, 5.41) is 9.85. The molecule has 0 amide bonds. The maximum Gasteiger partial charge on any atom is 0.0705 e. The number of halogens is 1. The number of hydrogen-bond acceptors (Lipinski definition) is 3. The lowest BCUT2D eigenvalue weighted by atomic mass is 10.1. The standard InChI is InChI=1S/C20H18BrN3/c1-14(23-24-15(2)16-7-10-18(21)11-8-16)13-19-12-9-17-5-3-4-6-20(17)22-19/h3-12H,13H2,1-2H3. The zero-order chi connectivity index (χ0) is 16.9. The fraction of sp³-hybridized carbons (Fsp3) is 0.150. The molecule has 0 fully saturated rings. The minimum absolute atomic E-state index is 0.696. The third-order valence-corrected chi connectivity index (χ3v) is 4.25. The molecule has 0 unspecified atom stereocenters. The second-order valence-corrected chi connectivity index (χ2v) is 6.62. The lowest BCUT2D eigenvalue weighted by Gasteiger charge is -2.03. The minimum Gasteiger partial charge on any atom is -0.252 e. The molecule has 0 spiro atoms. The molecule has 0 saturated heterocycles. The predicted molar refractivity (Wildman–Crippen MR) is 105 cm³/mol. The van der Waals surface area contributed by atoms with Crippen molar-refractivity contribution in [2.24, 2.45) is 10.2 Å². The van der Waals surface area contributed by atoms with Crippen LogP contribution in [-0.4, -0.2) is 16.4 Å². The Bertz CT molecular complexity index is 912. The first-order chi connectivity index (χ1) is 11.6. The van der Waals surface area contributed by atoms with Gasteiger partial charge < -0.3 is 0 Å². The van der Waals surface area contributed by atoms with Gasteiger partial charge in [0.1, 0.15) is 0 Å². The van der Waals surface area contributed by atoms with Crippen LogP contribution in [0.3, 0.4) is 0 Å². The Morgan fingerprint density at radius 3 is 2.46 bits per heavy atom. The van der Waals surface area contributed by atoms with Crippen molar-refractivity contribution in [2.45, 2.75) is 20.3 Å². The zero-order valence-electron chi connectivity index (χ0n) is 13.7. The van der Waals surface area contributed by atoms with E-state index in [0.29, 0.717) is 6.42 Å². The molecule has 0 saturated carbocycles. The van der Waals surface area contributed by atoms with Crippen LogP contribution in [0.2, 0.25) is 0 Å². The second kappa shape index (κ2) is 7.49. The molecule has 4 heteroatoms. The molecule has 0 aliphatic rings. The van der Waals surface area contributed by atoms with Crippen molar-refractivity contribution >= 4 is 38.3 Å². The molecule has 0 aliphatic carbocycles. The molecule has 1 heterocycles. The van der Waals surface area contributed by atoms with Crippen molar-refractivity contribution < 1.29 is 0 Å². The van der Waals surface area contributed by atoms with E-state index in [1.165, 1.54) is 0 Å². The van der Waals surface area contributed by atoms with E-state index in [2.05, 4.69) is 43.2 Å². The zero-order valence-corrected chi connectivity index (χ0v) is 15.3. The van der Waals surface area contributed by atoms with Crippen molar-refractivity contribution in [3.05, 3.63) is 76.4 Å². The number of nitrogens with zero attached hydrogens (tertiary/aromatic N) is 3. The molecule has 120 valence electrons. The number of fused-ring (bicyclic) bond motifs is 1. The summed E-state index contributed by atoms with van der Waals surface area (Å²) in [4.78, 5) is 4.68. The second-order valence-electron chi connectivity index (χ2n) is 5.70. The van der Waals surface area contributed by atoms with Crippen molar-refractivity contribution in [3.8, 4) is 0 Å². The van der Waals surface area contributed by atoms with Crippen LogP contribution in [0.5, 0.6) is 0 Å². The van der Waals surface area contributed by atoms with Crippen LogP contribution < -0.4 is 0 Å². The molecule has 3 rings (SSSR count). The van der Waals surface area contributed by atoms with Gasteiger partial charge in [0.15, 0.2) is 0 Å². The van der Waals surface area contributed by atoms with Gasteiger partial charge in [0, 0.05) is 27.7 Å². The fourth-order valence-electron chi connectivity index (χ4n) is 2.41. The average molecular weight is 380 g/mol. The molecule has 24 heavy (non-hydrogen) atoms. The van der Waals surface area contributed by atoms with Gasteiger partial charge in [0.25, 0.3) is 0 Å². The summed E-state index contributed by atoms with van der Waals surface area (Å²) in [6.45, 7) is 3.95. The number of benzene rings is 2. The molecule has 0 aliphatic heterocycles. The van der Waals surface area contributed by atoms with Crippen LogP contribution in [0.15, 0.2) is 75.3 Å². The number of hydrogen-bond donors (Lipinski definition) is 0. The topological polar surface area (TPSA) is 37.6 Å². The Hall–Kier alpha value is -2.33. The van der Waals surface area contributed by atoms with Crippen LogP contribution >= 0.6 is 15.9 Å². The van der Waals surface area contributed by atoms with Crippen LogP contribution in [0.1, 0.15) is 25.1 Å². The van der Waals surface area contributed by atoms with E-state index >= 15 is 0 Å². The first kappa shape index (κ1) is 16.5. The summed E-state index contributed by atoms with van der Waals surface area (Å²) in [7, 11) is 0. The summed E-state index contributed by atoms with van der Waals surface area (Å²) in [5.74, 6) is 0. The number of pyridine rings is 1. The highest BCUT2D eigenvalue weighted by Crippen LogP contribution is 2.13. The van der Waals surface area contributed by atoms with Crippen LogP contribution in [-0.2, 0) is 6.42 Å². The fourth-order valence-corrected chi connectivity index (χ4v) is 2.68. The van der Waals surface area contributed by atoms with E-state index in [1.807, 2.05) is 62.4 Å². The number of para-hydroxylation sites is 1. The van der Waals surface area contributed by atoms with E-state index in [4.69, 9.17) is 0 Å². The van der Waals surface area contributed by atoms with Gasteiger partial charge in [-0.15, -0.1) is 0 Å². The van der Waals surface area contributed by atoms with Crippen LogP contribution in [0.4, 0.5) is 0 Å². The van der Waals surface area contributed by atoms with E-state index in [1.54, 1.807) is 0 Å². The van der Waals surface area contributed by atoms with Gasteiger partial charge in [-0.3, -0.25) is 4.98 Å². The van der Waals surface area contributed by atoms with Crippen LogP contribution in [0.25, 0.3) is 10.9 Å². The Morgan fingerprint density at radius 1 is 0.917 bits per heavy atom. The largest absolute Gasteiger partial charge is 0.252 e. The van der Waals surface area contributed by atoms with Crippen LogP contribution in [0, 0.1) is 0 Å². The van der Waals surface area contributed by atoms with Crippen molar-refractivity contribution in [3.63, 3.8) is 0 Å². The summed E-state index contributed by atoms with van der Waals surface area (Å²) >= 11 is 3.44. The lowest BCUT2D eigenvalue weighted by molar-refractivity contribution is 1.13. The molecule has 0 N–H and O–H groups in total. The smallest absolute Gasteiger partial charge is 0.0705 e. The summed E-state index contributed by atoms with van der Waals surface area (Å²) in [5.41, 5.74) is 4.92. The van der Waals surface area contributed by atoms with Gasteiger partial charge in [-0.1, -0.05) is 52.3 Å². The van der Waals surface area contributed by atoms with E-state index in [9.17, 15) is 0 Å². The molecule has 1 aromatic heterocycles.